The van der Waals surface area contributed by atoms with Crippen LogP contribution in [0.3, 0.4) is 0 Å². The van der Waals surface area contributed by atoms with Crippen molar-refractivity contribution in [2.45, 2.75) is 39.0 Å². The van der Waals surface area contributed by atoms with Crippen molar-refractivity contribution in [3.8, 4) is 11.5 Å². The number of hydrogen-bond acceptors (Lipinski definition) is 5. The Morgan fingerprint density at radius 3 is 2.28 bits per heavy atom. The van der Waals surface area contributed by atoms with E-state index in [0.717, 1.165) is 16.7 Å². The quantitative estimate of drug-likeness (QED) is 0.534. The first-order valence-corrected chi connectivity index (χ1v) is 11.9. The molecule has 0 radical (unpaired) electrons. The van der Waals surface area contributed by atoms with E-state index in [2.05, 4.69) is 11.9 Å². The molecule has 2 aromatic rings. The van der Waals surface area contributed by atoms with Crippen LogP contribution in [0, 0.1) is 13.8 Å². The van der Waals surface area contributed by atoms with Crippen LogP contribution in [0.2, 0.25) is 0 Å². The van der Waals surface area contributed by atoms with Gasteiger partial charge in [0.1, 0.15) is 0 Å². The molecular weight excluding hydrogens is 428 g/mol. The second kappa shape index (κ2) is 10.7. The summed E-state index contributed by atoms with van der Waals surface area (Å²) in [7, 11) is -0.617. The van der Waals surface area contributed by atoms with Crippen LogP contribution in [-0.2, 0) is 16.4 Å². The van der Waals surface area contributed by atoms with Crippen molar-refractivity contribution in [1.82, 2.24) is 4.31 Å². The molecule has 0 spiro atoms. The summed E-state index contributed by atoms with van der Waals surface area (Å²) in [5.41, 5.74) is 3.14. The van der Waals surface area contributed by atoms with Crippen molar-refractivity contribution in [1.29, 1.82) is 0 Å². The maximum atomic E-state index is 13.1. The molecule has 0 saturated heterocycles. The Bertz CT molecular complexity index is 1110. The number of nitrogens with zero attached hydrogens (tertiary/aromatic N) is 1. The molecule has 0 aliphatic heterocycles. The van der Waals surface area contributed by atoms with E-state index in [0.29, 0.717) is 42.3 Å². The van der Waals surface area contributed by atoms with Gasteiger partial charge in [0.15, 0.2) is 11.5 Å². The average molecular weight is 461 g/mol. The number of aryl methyl sites for hydroxylation is 1. The fourth-order valence-corrected chi connectivity index (χ4v) is 5.06. The predicted molar refractivity (Wildman–Crippen MR) is 127 cm³/mol. The maximum Gasteiger partial charge on any atom is 0.255 e. The lowest BCUT2D eigenvalue weighted by molar-refractivity contribution is 0.102. The van der Waals surface area contributed by atoms with Gasteiger partial charge in [-0.2, -0.15) is 4.31 Å². The van der Waals surface area contributed by atoms with Gasteiger partial charge in [-0.1, -0.05) is 19.9 Å². The van der Waals surface area contributed by atoms with Gasteiger partial charge in [-0.3, -0.25) is 4.79 Å². The highest BCUT2D eigenvalue weighted by molar-refractivity contribution is 7.89. The van der Waals surface area contributed by atoms with Gasteiger partial charge in [0, 0.05) is 29.9 Å². The summed E-state index contributed by atoms with van der Waals surface area (Å²) >= 11 is 0. The molecule has 8 heteroatoms. The number of nitrogens with one attached hydrogen (secondary N) is 1. The van der Waals surface area contributed by atoms with Gasteiger partial charge in [0.05, 0.1) is 19.1 Å². The number of ether oxygens (including phenoxy) is 2. The number of carbonyl (C=O) groups excluding carboxylic acids is 1. The zero-order valence-electron chi connectivity index (χ0n) is 19.6. The number of allylic oxidation sites excluding steroid dienone is 1. The molecule has 0 bridgehead atoms. The maximum absolute atomic E-state index is 13.1. The van der Waals surface area contributed by atoms with E-state index in [1.807, 2.05) is 13.8 Å². The second-order valence-corrected chi connectivity index (χ2v) is 9.26. The van der Waals surface area contributed by atoms with E-state index < -0.39 is 10.0 Å². The van der Waals surface area contributed by atoms with Gasteiger partial charge in [0.2, 0.25) is 10.0 Å². The third kappa shape index (κ3) is 5.14. The van der Waals surface area contributed by atoms with Crippen LogP contribution in [0.1, 0.15) is 40.9 Å². The molecule has 0 aliphatic rings. The molecule has 32 heavy (non-hydrogen) atoms. The summed E-state index contributed by atoms with van der Waals surface area (Å²) in [6.07, 6.45) is 2.21. The molecule has 7 nitrogen and oxygen atoms in total. The molecule has 0 saturated carbocycles. The monoisotopic (exact) mass is 460 g/mol. The topological polar surface area (TPSA) is 84.9 Å². The molecule has 0 atom stereocenters. The van der Waals surface area contributed by atoms with Crippen molar-refractivity contribution in [2.75, 3.05) is 32.6 Å². The van der Waals surface area contributed by atoms with Crippen molar-refractivity contribution >= 4 is 21.6 Å². The Labute approximate surface area is 191 Å². The van der Waals surface area contributed by atoms with E-state index in [4.69, 9.17) is 9.47 Å². The first-order chi connectivity index (χ1) is 15.1. The van der Waals surface area contributed by atoms with Crippen molar-refractivity contribution < 1.29 is 22.7 Å². The Morgan fingerprint density at radius 1 is 1.09 bits per heavy atom. The van der Waals surface area contributed by atoms with Crippen LogP contribution < -0.4 is 14.8 Å². The minimum Gasteiger partial charge on any atom is -0.493 e. The third-order valence-electron chi connectivity index (χ3n) is 5.41. The molecule has 0 heterocycles. The number of carbonyl (C=O) groups is 1. The van der Waals surface area contributed by atoms with Gasteiger partial charge in [0.25, 0.3) is 5.91 Å². The summed E-state index contributed by atoms with van der Waals surface area (Å²) in [4.78, 5) is 13.3. The van der Waals surface area contributed by atoms with Crippen LogP contribution in [-0.4, -0.2) is 45.9 Å². The van der Waals surface area contributed by atoms with Gasteiger partial charge in [-0.05, 0) is 55.7 Å². The zero-order chi connectivity index (χ0) is 24.1. The number of benzene rings is 2. The summed E-state index contributed by atoms with van der Waals surface area (Å²) in [6.45, 7) is 11.7. The van der Waals surface area contributed by atoms with E-state index in [1.165, 1.54) is 24.6 Å². The summed E-state index contributed by atoms with van der Waals surface area (Å²) in [6, 6.07) is 6.47. The highest BCUT2D eigenvalue weighted by Crippen LogP contribution is 2.34. The normalized spacial score (nSPS) is 11.3. The molecule has 1 amide bonds. The smallest absolute Gasteiger partial charge is 0.255 e. The van der Waals surface area contributed by atoms with Crippen molar-refractivity contribution in [3.05, 3.63) is 59.2 Å². The average Bonchev–Trinajstić information content (AvgIpc) is 2.76. The fraction of sp³-hybridized carbons (Fsp3) is 0.375. The predicted octanol–water partition coefficient (Wildman–Crippen LogP) is 4.33. The highest BCUT2D eigenvalue weighted by atomic mass is 32.2. The summed E-state index contributed by atoms with van der Waals surface area (Å²) < 4.78 is 38.2. The number of hydrogen-bond donors (Lipinski definition) is 1. The minimum atomic E-state index is -3.66. The standard InChI is InChI=1S/C24H32N2O5S/c1-8-11-18-13-19(14-22(30-6)23(18)31-7)24(27)25-21-15-20(12-16(4)17(21)5)32(28,29)26(9-2)10-3/h8,12-15H,1,9-11H2,2-7H3,(H,25,27). The van der Waals surface area contributed by atoms with Gasteiger partial charge >= 0.3 is 0 Å². The number of methoxy groups -OCH3 is 2. The van der Waals surface area contributed by atoms with Gasteiger partial charge in [-0.15, -0.1) is 6.58 Å². The largest absolute Gasteiger partial charge is 0.493 e. The lowest BCUT2D eigenvalue weighted by Gasteiger charge is -2.20. The number of rotatable bonds is 10. The van der Waals surface area contributed by atoms with Gasteiger partial charge in [-0.25, -0.2) is 8.42 Å². The van der Waals surface area contributed by atoms with Crippen LogP contribution >= 0.6 is 0 Å². The van der Waals surface area contributed by atoms with Gasteiger partial charge < -0.3 is 14.8 Å². The number of anilines is 1. The van der Waals surface area contributed by atoms with Crippen LogP contribution in [0.4, 0.5) is 5.69 Å². The summed E-state index contributed by atoms with van der Waals surface area (Å²) in [5.74, 6) is 0.599. The SMILES string of the molecule is C=CCc1cc(C(=O)Nc2cc(S(=O)(=O)N(CC)CC)cc(C)c2C)cc(OC)c1OC. The van der Waals surface area contributed by atoms with E-state index in [9.17, 15) is 13.2 Å². The molecule has 2 aromatic carbocycles. The zero-order valence-corrected chi connectivity index (χ0v) is 20.4. The van der Waals surface area contributed by atoms with Crippen molar-refractivity contribution in [2.24, 2.45) is 0 Å². The van der Waals surface area contributed by atoms with E-state index in [-0.39, 0.29) is 10.8 Å². The first-order valence-electron chi connectivity index (χ1n) is 10.4. The Morgan fingerprint density at radius 2 is 1.75 bits per heavy atom. The van der Waals surface area contributed by atoms with Crippen LogP contribution in [0.25, 0.3) is 0 Å². The van der Waals surface area contributed by atoms with E-state index in [1.54, 1.807) is 38.1 Å². The first kappa shape index (κ1) is 25.4. The molecule has 0 aliphatic carbocycles. The lowest BCUT2D eigenvalue weighted by atomic mass is 10.0. The van der Waals surface area contributed by atoms with Crippen molar-refractivity contribution in [3.63, 3.8) is 0 Å². The fourth-order valence-electron chi connectivity index (χ4n) is 3.49. The molecule has 174 valence electrons. The van der Waals surface area contributed by atoms with E-state index >= 15 is 0 Å². The molecular formula is C24H32N2O5S. The van der Waals surface area contributed by atoms with Crippen LogP contribution in [0.5, 0.6) is 11.5 Å². The third-order valence-corrected chi connectivity index (χ3v) is 7.44. The summed E-state index contributed by atoms with van der Waals surface area (Å²) in [5, 5.41) is 2.87. The second-order valence-electron chi connectivity index (χ2n) is 7.32. The lowest BCUT2D eigenvalue weighted by Crippen LogP contribution is -2.30. The highest BCUT2D eigenvalue weighted by Gasteiger charge is 2.24. The molecule has 0 fully saturated rings. The molecule has 1 N–H and O–H groups in total. The Balaban J connectivity index is 2.51. The Hall–Kier alpha value is -2.84. The number of amides is 1. The molecule has 0 aromatic heterocycles. The van der Waals surface area contributed by atoms with Crippen LogP contribution in [0.15, 0.2) is 41.8 Å². The molecule has 2 rings (SSSR count). The molecule has 0 unspecified atom stereocenters. The minimum absolute atomic E-state index is 0.152. The number of sulfonamides is 1. The Kier molecular flexibility index (Phi) is 8.46.